The van der Waals surface area contributed by atoms with Gasteiger partial charge in [0.25, 0.3) is 0 Å². The van der Waals surface area contributed by atoms with E-state index in [-0.39, 0.29) is 5.04 Å². The van der Waals surface area contributed by atoms with Gasteiger partial charge in [0.15, 0.2) is 8.32 Å². The van der Waals surface area contributed by atoms with E-state index >= 15 is 0 Å². The molecule has 0 spiro atoms. The smallest absolute Gasteiger partial charge is 0.242 e. The summed E-state index contributed by atoms with van der Waals surface area (Å²) in [5, 5.41) is 0.267. The van der Waals surface area contributed by atoms with Crippen LogP contribution in [-0.4, -0.2) is 23.2 Å². The number of benzene rings is 1. The van der Waals surface area contributed by atoms with E-state index < -0.39 is 16.6 Å². The summed E-state index contributed by atoms with van der Waals surface area (Å²) in [5.74, 6) is 0.785. The Labute approximate surface area is 145 Å². The lowest BCUT2D eigenvalue weighted by Crippen LogP contribution is -2.41. The van der Waals surface area contributed by atoms with Crippen LogP contribution in [0, 0.1) is 0 Å². The maximum absolute atomic E-state index is 6.24. The number of hydrogen-bond donors (Lipinski definition) is 0. The highest BCUT2D eigenvalue weighted by Crippen LogP contribution is 2.36. The van der Waals surface area contributed by atoms with Gasteiger partial charge in [-0.25, -0.2) is 0 Å². The van der Waals surface area contributed by atoms with Crippen molar-refractivity contribution in [3.63, 3.8) is 0 Å². The van der Waals surface area contributed by atoms with Crippen LogP contribution in [0.4, 0.5) is 0 Å². The molecule has 2 nitrogen and oxygen atoms in total. The van der Waals surface area contributed by atoms with Crippen molar-refractivity contribution in [1.29, 1.82) is 0 Å². The average molecular weight is 351 g/mol. The van der Waals surface area contributed by atoms with E-state index in [1.54, 1.807) is 0 Å². The molecule has 1 aromatic rings. The third kappa shape index (κ3) is 6.65. The van der Waals surface area contributed by atoms with Gasteiger partial charge in [-0.05, 0) is 49.8 Å². The number of hydrogen-bond acceptors (Lipinski definition) is 2. The minimum absolute atomic E-state index is 0.267. The van der Waals surface area contributed by atoms with Crippen molar-refractivity contribution in [3.05, 3.63) is 42.0 Å². The molecule has 23 heavy (non-hydrogen) atoms. The first-order chi connectivity index (χ1) is 10.3. The molecule has 0 unspecified atom stereocenters. The van der Waals surface area contributed by atoms with Crippen molar-refractivity contribution in [2.24, 2.45) is 0 Å². The van der Waals surface area contributed by atoms with E-state index in [1.165, 1.54) is 5.56 Å². The lowest BCUT2D eigenvalue weighted by Gasteiger charge is -2.36. The molecule has 0 fully saturated rings. The minimum Gasteiger partial charge on any atom is -0.544 e. The lowest BCUT2D eigenvalue weighted by atomic mass is 10.1. The van der Waals surface area contributed by atoms with Crippen LogP contribution in [0.1, 0.15) is 31.9 Å². The molecule has 0 saturated carbocycles. The summed E-state index contributed by atoms with van der Waals surface area (Å²) in [6.07, 6.45) is 0.953. The molecule has 0 amide bonds. The Balaban J connectivity index is 2.57. The van der Waals surface area contributed by atoms with Crippen molar-refractivity contribution in [2.45, 2.75) is 65.0 Å². The summed E-state index contributed by atoms with van der Waals surface area (Å²) in [5.41, 5.74) is 2.37. The van der Waals surface area contributed by atoms with Crippen molar-refractivity contribution in [1.82, 2.24) is 0 Å². The first-order valence-corrected chi connectivity index (χ1v) is 14.7. The molecule has 130 valence electrons. The first kappa shape index (κ1) is 20.2. The van der Waals surface area contributed by atoms with Crippen LogP contribution in [-0.2, 0) is 15.3 Å². The molecule has 0 aliphatic rings. The zero-order valence-electron chi connectivity index (χ0n) is 16.2. The summed E-state index contributed by atoms with van der Waals surface area (Å²) in [6, 6.07) is 8.51. The molecule has 0 aromatic heterocycles. The third-order valence-electron chi connectivity index (χ3n) is 4.37. The van der Waals surface area contributed by atoms with Gasteiger partial charge in [0.2, 0.25) is 8.32 Å². The Morgan fingerprint density at radius 1 is 1.00 bits per heavy atom. The fraction of sp³-hybridized carbons (Fsp3) is 0.579. The fourth-order valence-electron chi connectivity index (χ4n) is 1.93. The van der Waals surface area contributed by atoms with Gasteiger partial charge >= 0.3 is 0 Å². The summed E-state index contributed by atoms with van der Waals surface area (Å²) < 4.78 is 12.2. The van der Waals surface area contributed by atoms with Crippen LogP contribution >= 0.6 is 0 Å². The summed E-state index contributed by atoms with van der Waals surface area (Å²) in [7, 11) is -3.24. The van der Waals surface area contributed by atoms with Crippen LogP contribution in [0.15, 0.2) is 30.8 Å². The Kier molecular flexibility index (Phi) is 6.47. The standard InChI is InChI=1S/C19H34O2Si2/c1-16(21-22(5,6)7)18-12-10-17(11-13-18)14-15-20-23(8,9)19(2,3)4/h10-13H,1,14-15H2,2-9H3. The van der Waals surface area contributed by atoms with Crippen molar-refractivity contribution >= 4 is 22.4 Å². The van der Waals surface area contributed by atoms with Crippen LogP contribution in [0.5, 0.6) is 0 Å². The van der Waals surface area contributed by atoms with Gasteiger partial charge in [0.1, 0.15) is 5.76 Å². The molecule has 0 aliphatic carbocycles. The molecule has 0 heterocycles. The predicted octanol–water partition coefficient (Wildman–Crippen LogP) is 6.07. The zero-order valence-corrected chi connectivity index (χ0v) is 18.2. The monoisotopic (exact) mass is 350 g/mol. The maximum Gasteiger partial charge on any atom is 0.242 e. The van der Waals surface area contributed by atoms with Crippen molar-refractivity contribution in [2.75, 3.05) is 6.61 Å². The molecule has 0 saturated heterocycles. The second-order valence-electron chi connectivity index (χ2n) is 8.69. The molecule has 0 atom stereocenters. The third-order valence-corrected chi connectivity index (χ3v) is 9.76. The summed E-state index contributed by atoms with van der Waals surface area (Å²) in [6.45, 7) is 22.8. The molecular formula is C19H34O2Si2. The highest BCUT2D eigenvalue weighted by atomic mass is 28.4. The van der Waals surface area contributed by atoms with Crippen molar-refractivity contribution in [3.8, 4) is 0 Å². The molecule has 0 bridgehead atoms. The van der Waals surface area contributed by atoms with Gasteiger partial charge in [-0.15, -0.1) is 0 Å². The molecule has 0 N–H and O–H groups in total. The van der Waals surface area contributed by atoms with E-state index in [2.05, 4.69) is 84.4 Å². The maximum atomic E-state index is 6.24. The van der Waals surface area contributed by atoms with Gasteiger partial charge in [0, 0.05) is 12.2 Å². The Bertz CT molecular complexity index is 520. The van der Waals surface area contributed by atoms with E-state index in [4.69, 9.17) is 8.85 Å². The largest absolute Gasteiger partial charge is 0.544 e. The lowest BCUT2D eigenvalue weighted by molar-refractivity contribution is 0.292. The Hall–Kier alpha value is -0.846. The van der Waals surface area contributed by atoms with Crippen LogP contribution in [0.2, 0.25) is 37.8 Å². The SMILES string of the molecule is C=C(O[Si](C)(C)C)c1ccc(CCO[Si](C)(C)C(C)(C)C)cc1. The molecule has 0 radical (unpaired) electrons. The number of rotatable bonds is 7. The second-order valence-corrected chi connectivity index (χ2v) is 17.9. The van der Waals surface area contributed by atoms with Gasteiger partial charge < -0.3 is 8.85 Å². The van der Waals surface area contributed by atoms with Crippen LogP contribution in [0.3, 0.4) is 0 Å². The Morgan fingerprint density at radius 3 is 1.96 bits per heavy atom. The van der Waals surface area contributed by atoms with Crippen LogP contribution < -0.4 is 0 Å². The first-order valence-electron chi connectivity index (χ1n) is 8.43. The topological polar surface area (TPSA) is 18.5 Å². The van der Waals surface area contributed by atoms with Gasteiger partial charge in [-0.2, -0.15) is 0 Å². The Morgan fingerprint density at radius 2 is 1.52 bits per heavy atom. The van der Waals surface area contributed by atoms with E-state index in [0.717, 1.165) is 24.4 Å². The minimum atomic E-state index is -1.64. The van der Waals surface area contributed by atoms with E-state index in [9.17, 15) is 0 Å². The van der Waals surface area contributed by atoms with E-state index in [0.29, 0.717) is 0 Å². The molecule has 1 rings (SSSR count). The average Bonchev–Trinajstić information content (AvgIpc) is 2.36. The normalized spacial score (nSPS) is 13.0. The zero-order chi connectivity index (χ0) is 17.9. The fourth-order valence-corrected chi connectivity index (χ4v) is 3.83. The molecule has 0 aliphatic heterocycles. The summed E-state index contributed by atoms with van der Waals surface area (Å²) in [4.78, 5) is 0. The van der Waals surface area contributed by atoms with Crippen molar-refractivity contribution < 1.29 is 8.85 Å². The van der Waals surface area contributed by atoms with Crippen LogP contribution in [0.25, 0.3) is 5.76 Å². The highest BCUT2D eigenvalue weighted by Gasteiger charge is 2.36. The second kappa shape index (κ2) is 7.37. The van der Waals surface area contributed by atoms with Gasteiger partial charge in [-0.1, -0.05) is 51.6 Å². The van der Waals surface area contributed by atoms with Gasteiger partial charge in [-0.3, -0.25) is 0 Å². The molecule has 1 aromatic carbocycles. The molecule has 4 heteroatoms. The van der Waals surface area contributed by atoms with Gasteiger partial charge in [0.05, 0.1) is 0 Å². The predicted molar refractivity (Wildman–Crippen MR) is 107 cm³/mol. The quantitative estimate of drug-likeness (QED) is 0.438. The highest BCUT2D eigenvalue weighted by molar-refractivity contribution is 6.74. The molecular weight excluding hydrogens is 316 g/mol. The summed E-state index contributed by atoms with van der Waals surface area (Å²) >= 11 is 0. The van der Waals surface area contributed by atoms with E-state index in [1.807, 2.05) is 0 Å².